The number of fused-ring (bicyclic) bond motifs is 1. The first kappa shape index (κ1) is 18.8. The Labute approximate surface area is 164 Å². The summed E-state index contributed by atoms with van der Waals surface area (Å²) in [5.41, 5.74) is 0.440. The Hall–Kier alpha value is -2.54. The predicted molar refractivity (Wildman–Crippen MR) is 103 cm³/mol. The van der Waals surface area contributed by atoms with Crippen LogP contribution in [0.1, 0.15) is 49.0 Å². The summed E-state index contributed by atoms with van der Waals surface area (Å²) >= 11 is 0. The molecule has 2 aromatic rings. The fourth-order valence-corrected chi connectivity index (χ4v) is 5.41. The molecule has 1 aliphatic heterocycles. The topological polar surface area (TPSA) is 89.9 Å². The summed E-state index contributed by atoms with van der Waals surface area (Å²) in [7, 11) is -3.29. The van der Waals surface area contributed by atoms with Crippen molar-refractivity contribution >= 4 is 15.8 Å². The van der Waals surface area contributed by atoms with E-state index in [-0.39, 0.29) is 10.8 Å². The number of ether oxygens (including phenoxy) is 2. The lowest BCUT2D eigenvalue weighted by Gasteiger charge is -2.25. The number of carbonyl (C=O) groups is 1. The second-order valence-electron chi connectivity index (χ2n) is 7.97. The van der Waals surface area contributed by atoms with Gasteiger partial charge in [-0.1, -0.05) is 6.42 Å². The van der Waals surface area contributed by atoms with E-state index in [1.54, 1.807) is 24.3 Å². The molecular formula is C21H22O6S. The first-order valence-corrected chi connectivity index (χ1v) is 10.8. The van der Waals surface area contributed by atoms with Crippen LogP contribution in [-0.4, -0.2) is 30.3 Å². The third-order valence-corrected chi connectivity index (χ3v) is 7.55. The molecule has 0 radical (unpaired) electrons. The summed E-state index contributed by atoms with van der Waals surface area (Å²) in [6.07, 6.45) is 2.97. The summed E-state index contributed by atoms with van der Waals surface area (Å²) in [6.45, 7) is 3.86. The van der Waals surface area contributed by atoms with Gasteiger partial charge < -0.3 is 14.6 Å². The number of carboxylic acids is 1. The molecule has 1 N–H and O–H groups in total. The zero-order chi connectivity index (χ0) is 20.1. The van der Waals surface area contributed by atoms with Gasteiger partial charge in [-0.05, 0) is 63.1 Å². The Bertz CT molecular complexity index is 1030. The van der Waals surface area contributed by atoms with Crippen LogP contribution in [0.15, 0.2) is 41.3 Å². The molecule has 0 bridgehead atoms. The highest BCUT2D eigenvalue weighted by Gasteiger charge is 2.34. The van der Waals surface area contributed by atoms with Crippen molar-refractivity contribution in [3.8, 4) is 17.2 Å². The maximum absolute atomic E-state index is 12.5. The van der Waals surface area contributed by atoms with Crippen LogP contribution in [0.5, 0.6) is 17.2 Å². The van der Waals surface area contributed by atoms with E-state index >= 15 is 0 Å². The van der Waals surface area contributed by atoms with Crippen molar-refractivity contribution in [2.24, 2.45) is 0 Å². The number of carboxylic acid groups (broad SMARTS) is 1. The number of sulfone groups is 1. The molecule has 148 valence electrons. The van der Waals surface area contributed by atoms with Gasteiger partial charge in [-0.2, -0.15) is 0 Å². The minimum atomic E-state index is -3.29. The van der Waals surface area contributed by atoms with Crippen molar-refractivity contribution in [1.82, 2.24) is 0 Å². The van der Waals surface area contributed by atoms with Crippen molar-refractivity contribution in [1.29, 1.82) is 0 Å². The molecule has 1 aliphatic carbocycles. The van der Waals surface area contributed by atoms with Gasteiger partial charge in [-0.15, -0.1) is 0 Å². The Morgan fingerprint density at radius 1 is 1.18 bits per heavy atom. The number of hydrogen-bond acceptors (Lipinski definition) is 5. The molecule has 2 aliphatic rings. The first-order chi connectivity index (χ1) is 13.2. The number of hydrogen-bond donors (Lipinski definition) is 1. The van der Waals surface area contributed by atoms with E-state index in [1.165, 1.54) is 12.1 Å². The number of rotatable bonds is 5. The summed E-state index contributed by atoms with van der Waals surface area (Å²) in [4.78, 5) is 11.7. The summed E-state index contributed by atoms with van der Waals surface area (Å²) in [5.74, 6) is 0.295. The van der Waals surface area contributed by atoms with Gasteiger partial charge in [-0.25, -0.2) is 13.2 Å². The average Bonchev–Trinajstić information content (AvgIpc) is 2.87. The highest BCUT2D eigenvalue weighted by atomic mass is 32.2. The van der Waals surface area contributed by atoms with E-state index in [1.807, 2.05) is 13.8 Å². The summed E-state index contributed by atoms with van der Waals surface area (Å²) in [5, 5.41) is 9.08. The quantitative estimate of drug-likeness (QED) is 0.805. The van der Waals surface area contributed by atoms with Crippen LogP contribution in [-0.2, 0) is 16.3 Å². The molecule has 1 heterocycles. The van der Waals surface area contributed by atoms with Crippen LogP contribution in [0.25, 0.3) is 0 Å². The molecule has 0 atom stereocenters. The Kier molecular flexibility index (Phi) is 4.38. The standard InChI is InChI=1S/C21H22O6S/c1-21(2)12-17-18(10-13(20(22)23)11-19(17)27-21)26-14-6-8-16(9-7-14)28(24,25)15-4-3-5-15/h6-11,15H,3-5,12H2,1-2H3,(H,22,23). The second kappa shape index (κ2) is 6.51. The molecule has 1 fully saturated rings. The van der Waals surface area contributed by atoms with Crippen molar-refractivity contribution in [3.05, 3.63) is 47.5 Å². The molecule has 0 amide bonds. The van der Waals surface area contributed by atoms with Crippen LogP contribution < -0.4 is 9.47 Å². The molecular weight excluding hydrogens is 380 g/mol. The molecule has 0 saturated heterocycles. The van der Waals surface area contributed by atoms with E-state index < -0.39 is 21.4 Å². The van der Waals surface area contributed by atoms with E-state index in [9.17, 15) is 18.3 Å². The normalized spacial score (nSPS) is 18.1. The van der Waals surface area contributed by atoms with Gasteiger partial charge in [0.25, 0.3) is 0 Å². The summed E-state index contributed by atoms with van der Waals surface area (Å²) < 4.78 is 36.8. The van der Waals surface area contributed by atoms with Crippen molar-refractivity contribution in [3.63, 3.8) is 0 Å². The Balaban J connectivity index is 1.64. The van der Waals surface area contributed by atoms with Crippen LogP contribution >= 0.6 is 0 Å². The Morgan fingerprint density at radius 2 is 1.86 bits per heavy atom. The van der Waals surface area contributed by atoms with Crippen molar-refractivity contribution in [2.45, 2.75) is 55.3 Å². The van der Waals surface area contributed by atoms with Gasteiger partial charge in [0.15, 0.2) is 9.84 Å². The van der Waals surface area contributed by atoms with Crippen LogP contribution in [0, 0.1) is 0 Å². The highest BCUT2D eigenvalue weighted by molar-refractivity contribution is 7.92. The molecule has 0 unspecified atom stereocenters. The van der Waals surface area contributed by atoms with Crippen LogP contribution in [0.3, 0.4) is 0 Å². The van der Waals surface area contributed by atoms with Crippen molar-refractivity contribution < 1.29 is 27.8 Å². The lowest BCUT2D eigenvalue weighted by Crippen LogP contribution is -2.28. The van der Waals surface area contributed by atoms with Gasteiger partial charge in [0, 0.05) is 12.0 Å². The minimum Gasteiger partial charge on any atom is -0.487 e. The number of aromatic carboxylic acids is 1. The predicted octanol–water partition coefficient (Wildman–Crippen LogP) is 4.22. The third-order valence-electron chi connectivity index (χ3n) is 5.27. The van der Waals surface area contributed by atoms with Crippen molar-refractivity contribution in [2.75, 3.05) is 0 Å². The van der Waals surface area contributed by atoms with Gasteiger partial charge in [0.2, 0.25) is 0 Å². The monoisotopic (exact) mass is 402 g/mol. The van der Waals surface area contributed by atoms with Crippen LogP contribution in [0.2, 0.25) is 0 Å². The minimum absolute atomic E-state index is 0.0793. The van der Waals surface area contributed by atoms with Gasteiger partial charge in [-0.3, -0.25) is 0 Å². The molecule has 0 spiro atoms. The molecule has 28 heavy (non-hydrogen) atoms. The molecule has 4 rings (SSSR count). The van der Waals surface area contributed by atoms with E-state index in [0.717, 1.165) is 12.0 Å². The smallest absolute Gasteiger partial charge is 0.335 e. The maximum atomic E-state index is 12.5. The van der Waals surface area contributed by atoms with Crippen LogP contribution in [0.4, 0.5) is 0 Å². The SMILES string of the molecule is CC1(C)Cc2c(Oc3ccc(S(=O)(=O)C4CCC4)cc3)cc(C(=O)O)cc2O1. The zero-order valence-corrected chi connectivity index (χ0v) is 16.6. The molecule has 0 aromatic heterocycles. The first-order valence-electron chi connectivity index (χ1n) is 9.27. The van der Waals surface area contributed by atoms with E-state index in [0.29, 0.717) is 41.4 Å². The zero-order valence-electron chi connectivity index (χ0n) is 15.8. The number of benzene rings is 2. The third kappa shape index (κ3) is 3.35. The molecule has 7 heteroatoms. The molecule has 2 aromatic carbocycles. The summed E-state index contributed by atoms with van der Waals surface area (Å²) in [6, 6.07) is 9.28. The molecule has 6 nitrogen and oxygen atoms in total. The fourth-order valence-electron chi connectivity index (χ4n) is 3.56. The average molecular weight is 402 g/mol. The van der Waals surface area contributed by atoms with Gasteiger partial charge in [0.05, 0.1) is 15.7 Å². The maximum Gasteiger partial charge on any atom is 0.335 e. The lowest BCUT2D eigenvalue weighted by molar-refractivity contribution is 0.0695. The second-order valence-corrected chi connectivity index (χ2v) is 10.2. The Morgan fingerprint density at radius 3 is 2.43 bits per heavy atom. The van der Waals surface area contributed by atoms with E-state index in [4.69, 9.17) is 9.47 Å². The highest BCUT2D eigenvalue weighted by Crippen LogP contribution is 2.43. The van der Waals surface area contributed by atoms with Gasteiger partial charge in [0.1, 0.15) is 22.8 Å². The molecule has 1 saturated carbocycles. The fraction of sp³-hybridized carbons (Fsp3) is 0.381. The largest absolute Gasteiger partial charge is 0.487 e. The van der Waals surface area contributed by atoms with Gasteiger partial charge >= 0.3 is 5.97 Å². The lowest BCUT2D eigenvalue weighted by atomic mass is 10.00. The van der Waals surface area contributed by atoms with E-state index in [2.05, 4.69) is 0 Å².